The Balaban J connectivity index is 1.55. The van der Waals surface area contributed by atoms with Gasteiger partial charge in [-0.15, -0.1) is 0 Å². The Bertz CT molecular complexity index is 1090. The van der Waals surface area contributed by atoms with E-state index >= 15 is 4.39 Å². The summed E-state index contributed by atoms with van der Waals surface area (Å²) >= 11 is 11.8. The van der Waals surface area contributed by atoms with Crippen molar-refractivity contribution in [1.82, 2.24) is 4.90 Å². The van der Waals surface area contributed by atoms with Gasteiger partial charge >= 0.3 is 6.18 Å². The molecule has 1 atom stereocenters. The summed E-state index contributed by atoms with van der Waals surface area (Å²) in [6.45, 7) is 3.39. The summed E-state index contributed by atoms with van der Waals surface area (Å²) in [4.78, 5) is 18.4. The number of hydrogen-bond acceptors (Lipinski definition) is 3. The zero-order valence-corrected chi connectivity index (χ0v) is 19.2. The minimum atomic E-state index is -4.80. The standard InChI is InChI=1S/C23H20Cl2F4N2O2/c1-13(2)20(32)31-11-21(26,12-31)15-5-3-14(4-6-15)19-10-22(33-30-19,23(27,28)29)16-7-17(24)9-18(25)8-16/h3-9,13H,10-12H2,1-2H3. The van der Waals surface area contributed by atoms with Gasteiger partial charge in [-0.05, 0) is 29.3 Å². The monoisotopic (exact) mass is 502 g/mol. The predicted molar refractivity (Wildman–Crippen MR) is 117 cm³/mol. The van der Waals surface area contributed by atoms with Crippen LogP contribution < -0.4 is 0 Å². The van der Waals surface area contributed by atoms with Gasteiger partial charge in [0.1, 0.15) is 0 Å². The van der Waals surface area contributed by atoms with E-state index in [1.807, 2.05) is 0 Å². The maximum Gasteiger partial charge on any atom is 0.435 e. The van der Waals surface area contributed by atoms with Crippen LogP contribution in [0.4, 0.5) is 17.6 Å². The van der Waals surface area contributed by atoms with Crippen LogP contribution in [-0.2, 0) is 20.9 Å². The first kappa shape index (κ1) is 23.8. The molecule has 4 nitrogen and oxygen atoms in total. The minimum absolute atomic E-state index is 0.0428. The third-order valence-corrected chi connectivity index (χ3v) is 6.38. The Kier molecular flexibility index (Phi) is 5.90. The molecule has 1 unspecified atom stereocenters. The summed E-state index contributed by atoms with van der Waals surface area (Å²) in [5.41, 5.74) is -3.89. The Labute approximate surface area is 198 Å². The van der Waals surface area contributed by atoms with Crippen LogP contribution in [-0.4, -0.2) is 35.8 Å². The smallest absolute Gasteiger partial charge is 0.374 e. The molecule has 2 aliphatic rings. The Morgan fingerprint density at radius 1 is 1.06 bits per heavy atom. The molecule has 0 aliphatic carbocycles. The van der Waals surface area contributed by atoms with Gasteiger partial charge in [0.25, 0.3) is 5.60 Å². The van der Waals surface area contributed by atoms with Gasteiger partial charge in [-0.2, -0.15) is 13.2 Å². The van der Waals surface area contributed by atoms with E-state index in [1.54, 1.807) is 13.8 Å². The Hall–Kier alpha value is -2.32. The van der Waals surface area contributed by atoms with Gasteiger partial charge in [-0.3, -0.25) is 4.79 Å². The highest BCUT2D eigenvalue weighted by molar-refractivity contribution is 6.34. The molecule has 0 saturated carbocycles. The molecule has 2 heterocycles. The number of alkyl halides is 4. The van der Waals surface area contributed by atoms with Gasteiger partial charge in [-0.25, -0.2) is 4.39 Å². The SMILES string of the molecule is CC(C)C(=O)N1CC(F)(c2ccc(C3=NOC(c4cc(Cl)cc(Cl)c4)(C(F)(F)F)C3)cc2)C1. The molecule has 0 bridgehead atoms. The van der Waals surface area contributed by atoms with Gasteiger partial charge in [0.05, 0.1) is 18.8 Å². The fourth-order valence-corrected chi connectivity index (χ4v) is 4.60. The number of carbonyl (C=O) groups excluding carboxylic acids is 1. The van der Waals surface area contributed by atoms with Crippen molar-refractivity contribution in [3.8, 4) is 0 Å². The summed E-state index contributed by atoms with van der Waals surface area (Å²) in [5.74, 6) is -0.345. The number of oxime groups is 1. The second-order valence-electron chi connectivity index (χ2n) is 8.68. The molecule has 2 aromatic carbocycles. The van der Waals surface area contributed by atoms with Crippen LogP contribution in [0, 0.1) is 5.92 Å². The molecular weight excluding hydrogens is 483 g/mol. The maximum absolute atomic E-state index is 15.2. The normalized spacial score (nSPS) is 22.1. The maximum atomic E-state index is 15.2. The van der Waals surface area contributed by atoms with E-state index in [2.05, 4.69) is 5.16 Å². The summed E-state index contributed by atoms with van der Waals surface area (Å²) in [7, 11) is 0. The van der Waals surface area contributed by atoms with Crippen LogP contribution in [0.2, 0.25) is 10.0 Å². The molecule has 10 heteroatoms. The summed E-state index contributed by atoms with van der Waals surface area (Å²) < 4.78 is 57.5. The lowest BCUT2D eigenvalue weighted by molar-refractivity contribution is -0.275. The van der Waals surface area contributed by atoms with E-state index in [0.29, 0.717) is 11.1 Å². The topological polar surface area (TPSA) is 41.9 Å². The average Bonchev–Trinajstić information content (AvgIpc) is 3.17. The molecule has 4 rings (SSSR count). The zero-order valence-electron chi connectivity index (χ0n) is 17.7. The fraction of sp³-hybridized carbons (Fsp3) is 0.391. The lowest BCUT2D eigenvalue weighted by Crippen LogP contribution is -2.59. The highest BCUT2D eigenvalue weighted by atomic mass is 35.5. The lowest BCUT2D eigenvalue weighted by Gasteiger charge is -2.45. The van der Waals surface area contributed by atoms with Gasteiger partial charge in [0.2, 0.25) is 5.91 Å². The number of nitrogens with zero attached hydrogens (tertiary/aromatic N) is 2. The van der Waals surface area contributed by atoms with E-state index < -0.39 is 23.9 Å². The van der Waals surface area contributed by atoms with Gasteiger partial charge in [-0.1, -0.05) is 66.5 Å². The van der Waals surface area contributed by atoms with E-state index in [4.69, 9.17) is 28.0 Å². The molecule has 176 valence electrons. The van der Waals surface area contributed by atoms with Crippen molar-refractivity contribution in [2.24, 2.45) is 11.1 Å². The van der Waals surface area contributed by atoms with Crippen LogP contribution >= 0.6 is 23.2 Å². The third-order valence-electron chi connectivity index (χ3n) is 5.94. The number of carbonyl (C=O) groups is 1. The van der Waals surface area contributed by atoms with Crippen LogP contribution in [0.15, 0.2) is 47.6 Å². The molecule has 0 aromatic heterocycles. The summed E-state index contributed by atoms with van der Waals surface area (Å²) in [5, 5.41) is 3.79. The van der Waals surface area contributed by atoms with Crippen molar-refractivity contribution in [1.29, 1.82) is 0 Å². The molecule has 0 radical (unpaired) electrons. The molecule has 33 heavy (non-hydrogen) atoms. The Morgan fingerprint density at radius 3 is 2.15 bits per heavy atom. The highest BCUT2D eigenvalue weighted by Gasteiger charge is 2.62. The highest BCUT2D eigenvalue weighted by Crippen LogP contribution is 2.49. The van der Waals surface area contributed by atoms with Crippen LogP contribution in [0.5, 0.6) is 0 Å². The van der Waals surface area contributed by atoms with Crippen LogP contribution in [0.3, 0.4) is 0 Å². The number of halogens is 6. The van der Waals surface area contributed by atoms with Gasteiger partial charge in [0.15, 0.2) is 5.67 Å². The quantitative estimate of drug-likeness (QED) is 0.464. The van der Waals surface area contributed by atoms with Gasteiger partial charge in [0, 0.05) is 27.9 Å². The molecule has 2 aliphatic heterocycles. The van der Waals surface area contributed by atoms with Crippen molar-refractivity contribution in [3.63, 3.8) is 0 Å². The summed E-state index contributed by atoms with van der Waals surface area (Å²) in [6.07, 6.45) is -5.39. The number of amides is 1. The van der Waals surface area contributed by atoms with Crippen LogP contribution in [0.25, 0.3) is 0 Å². The van der Waals surface area contributed by atoms with E-state index in [1.165, 1.54) is 35.2 Å². The molecule has 0 N–H and O–H groups in total. The molecule has 2 aromatic rings. The van der Waals surface area contributed by atoms with Crippen LogP contribution in [0.1, 0.15) is 37.0 Å². The average molecular weight is 503 g/mol. The molecular formula is C23H20Cl2F4N2O2. The molecule has 1 amide bonds. The van der Waals surface area contributed by atoms with E-state index in [0.717, 1.165) is 12.1 Å². The summed E-state index contributed by atoms with van der Waals surface area (Å²) in [6, 6.07) is 9.63. The Morgan fingerprint density at radius 2 is 1.64 bits per heavy atom. The van der Waals surface area contributed by atoms with Crippen molar-refractivity contribution in [3.05, 3.63) is 69.2 Å². The number of benzene rings is 2. The van der Waals surface area contributed by atoms with Gasteiger partial charge < -0.3 is 9.74 Å². The molecule has 0 spiro atoms. The van der Waals surface area contributed by atoms with Crippen molar-refractivity contribution < 1.29 is 27.2 Å². The first-order chi connectivity index (χ1) is 15.3. The zero-order chi connectivity index (χ0) is 24.2. The van der Waals surface area contributed by atoms with E-state index in [9.17, 15) is 18.0 Å². The number of likely N-dealkylation sites (tertiary alicyclic amines) is 1. The van der Waals surface area contributed by atoms with Crippen molar-refractivity contribution in [2.45, 2.75) is 37.7 Å². The fourth-order valence-electron chi connectivity index (χ4n) is 4.07. The van der Waals surface area contributed by atoms with Crippen molar-refractivity contribution >= 4 is 34.8 Å². The molecule has 1 saturated heterocycles. The van der Waals surface area contributed by atoms with E-state index in [-0.39, 0.29) is 46.2 Å². The lowest BCUT2D eigenvalue weighted by atomic mass is 9.84. The predicted octanol–water partition coefficient (Wildman–Crippen LogP) is 6.24. The second kappa shape index (κ2) is 8.17. The molecule has 1 fully saturated rings. The third kappa shape index (κ3) is 4.19. The first-order valence-electron chi connectivity index (χ1n) is 10.2. The minimum Gasteiger partial charge on any atom is -0.374 e. The largest absolute Gasteiger partial charge is 0.435 e. The second-order valence-corrected chi connectivity index (χ2v) is 9.55. The number of hydrogen-bond donors (Lipinski definition) is 0. The van der Waals surface area contributed by atoms with Crippen molar-refractivity contribution in [2.75, 3.05) is 13.1 Å². The number of rotatable bonds is 4. The first-order valence-corrected chi connectivity index (χ1v) is 11.0.